The molecule has 2 N–H and O–H groups in total. The van der Waals surface area contributed by atoms with Gasteiger partial charge in [-0.05, 0) is 42.0 Å². The highest BCUT2D eigenvalue weighted by Gasteiger charge is 2.52. The highest BCUT2D eigenvalue weighted by Crippen LogP contribution is 2.31. The van der Waals surface area contributed by atoms with Crippen molar-refractivity contribution in [2.24, 2.45) is 0 Å². The van der Waals surface area contributed by atoms with Crippen LogP contribution in [0.1, 0.15) is 26.4 Å². The van der Waals surface area contributed by atoms with Crippen LogP contribution < -0.4 is 15.5 Å². The number of rotatable bonds is 9. The molecule has 0 spiro atoms. The molecule has 11 nitrogen and oxygen atoms in total. The van der Waals surface area contributed by atoms with Crippen molar-refractivity contribution in [2.75, 3.05) is 22.6 Å². The van der Waals surface area contributed by atoms with Crippen LogP contribution in [-0.2, 0) is 25.6 Å². The number of hydrogen-bond donors (Lipinski definition) is 2. The van der Waals surface area contributed by atoms with Gasteiger partial charge in [-0.2, -0.15) is 0 Å². The van der Waals surface area contributed by atoms with Gasteiger partial charge in [0.25, 0.3) is 17.7 Å². The summed E-state index contributed by atoms with van der Waals surface area (Å²) >= 11 is 2.44. The zero-order valence-electron chi connectivity index (χ0n) is 22.6. The molecule has 6 rings (SSSR count). The van der Waals surface area contributed by atoms with Gasteiger partial charge in [-0.1, -0.05) is 53.8 Å². The van der Waals surface area contributed by atoms with E-state index in [1.54, 1.807) is 24.3 Å². The second-order valence-electron chi connectivity index (χ2n) is 9.39. The van der Waals surface area contributed by atoms with Crippen LogP contribution in [0.3, 0.4) is 0 Å². The predicted molar refractivity (Wildman–Crippen MR) is 162 cm³/mol. The molecule has 1 saturated heterocycles. The van der Waals surface area contributed by atoms with Crippen molar-refractivity contribution in [1.82, 2.24) is 9.97 Å². The number of anilines is 3. The Morgan fingerprint density at radius 1 is 0.884 bits per heavy atom. The summed E-state index contributed by atoms with van der Waals surface area (Å²) in [5, 5.41) is 7.55. The van der Waals surface area contributed by atoms with Crippen molar-refractivity contribution in [1.29, 1.82) is 0 Å². The first-order valence-electron chi connectivity index (χ1n) is 13.0. The van der Waals surface area contributed by atoms with Gasteiger partial charge in [0.2, 0.25) is 0 Å². The number of aromatic nitrogens is 2. The first-order chi connectivity index (χ1) is 20.9. The van der Waals surface area contributed by atoms with Crippen molar-refractivity contribution >= 4 is 72.5 Å². The Hall–Kier alpha value is -4.98. The molecule has 0 aliphatic carbocycles. The molecule has 3 amide bonds. The highest BCUT2D eigenvalue weighted by atomic mass is 32.1. The Morgan fingerprint density at radius 3 is 2.37 bits per heavy atom. The average molecular weight is 614 g/mol. The fourth-order valence-corrected chi connectivity index (χ4v) is 5.85. The van der Waals surface area contributed by atoms with Gasteiger partial charge >= 0.3 is 5.97 Å². The second-order valence-corrected chi connectivity index (χ2v) is 11.3. The van der Waals surface area contributed by atoms with E-state index in [1.807, 2.05) is 54.6 Å². The molecule has 3 aromatic carbocycles. The number of nitrogens with one attached hydrogen (secondary N) is 2. The number of fused-ring (bicyclic) bond motifs is 1. The maximum absolute atomic E-state index is 13.6. The molecule has 1 aliphatic heterocycles. The monoisotopic (exact) mass is 613 g/mol. The summed E-state index contributed by atoms with van der Waals surface area (Å²) < 4.78 is 11.1. The molecule has 3 heterocycles. The third-order valence-corrected chi connectivity index (χ3v) is 8.24. The van der Waals surface area contributed by atoms with E-state index in [0.29, 0.717) is 16.4 Å². The molecule has 0 saturated carbocycles. The average Bonchev–Trinajstić information content (AvgIpc) is 3.53. The SMILES string of the molecule is COC(=O)c1csc(NC(=O)[C@H]2O[C@@H]2C(=O)N(Cc2ccccc2)c2ccc(C(=O)Nc3nc4ccccc4s3)cc2)n1. The van der Waals surface area contributed by atoms with E-state index < -0.39 is 30.0 Å². The Morgan fingerprint density at radius 2 is 1.63 bits per heavy atom. The Balaban J connectivity index is 1.15. The number of epoxide rings is 1. The van der Waals surface area contributed by atoms with Gasteiger partial charge in [0, 0.05) is 16.6 Å². The lowest BCUT2D eigenvalue weighted by molar-refractivity contribution is -0.120. The van der Waals surface area contributed by atoms with Gasteiger partial charge in [-0.15, -0.1) is 11.3 Å². The van der Waals surface area contributed by atoms with Gasteiger partial charge in [0.1, 0.15) is 0 Å². The quantitative estimate of drug-likeness (QED) is 0.179. The molecule has 5 aromatic rings. The molecular formula is C30H23N5O6S2. The van der Waals surface area contributed by atoms with Crippen molar-refractivity contribution in [2.45, 2.75) is 18.8 Å². The summed E-state index contributed by atoms with van der Waals surface area (Å²) in [5.74, 6) is -1.91. The number of benzene rings is 3. The van der Waals surface area contributed by atoms with Gasteiger partial charge in [-0.3, -0.25) is 25.0 Å². The lowest BCUT2D eigenvalue weighted by Gasteiger charge is -2.22. The molecule has 13 heteroatoms. The number of carbonyl (C=O) groups is 4. The summed E-state index contributed by atoms with van der Waals surface area (Å²) in [5.41, 5.74) is 2.67. The molecule has 216 valence electrons. The minimum absolute atomic E-state index is 0.0679. The van der Waals surface area contributed by atoms with E-state index in [2.05, 4.69) is 25.3 Å². The minimum Gasteiger partial charge on any atom is -0.464 e. The van der Waals surface area contributed by atoms with Crippen LogP contribution in [0.2, 0.25) is 0 Å². The van der Waals surface area contributed by atoms with Gasteiger partial charge in [0.15, 0.2) is 28.2 Å². The van der Waals surface area contributed by atoms with Crippen molar-refractivity contribution in [3.8, 4) is 0 Å². The van der Waals surface area contributed by atoms with E-state index in [-0.39, 0.29) is 23.3 Å². The largest absolute Gasteiger partial charge is 0.464 e. The van der Waals surface area contributed by atoms with Crippen LogP contribution in [0.25, 0.3) is 10.2 Å². The molecule has 0 unspecified atom stereocenters. The first kappa shape index (κ1) is 28.2. The number of nitrogens with zero attached hydrogens (tertiary/aromatic N) is 3. The number of carbonyl (C=O) groups excluding carboxylic acids is 4. The van der Waals surface area contributed by atoms with E-state index >= 15 is 0 Å². The van der Waals surface area contributed by atoms with Crippen LogP contribution in [0, 0.1) is 0 Å². The van der Waals surface area contributed by atoms with Gasteiger partial charge < -0.3 is 14.4 Å². The van der Waals surface area contributed by atoms with Crippen LogP contribution in [0.15, 0.2) is 84.2 Å². The van der Waals surface area contributed by atoms with Crippen molar-refractivity contribution < 1.29 is 28.7 Å². The van der Waals surface area contributed by atoms with Crippen LogP contribution in [-0.4, -0.2) is 53.0 Å². The maximum Gasteiger partial charge on any atom is 0.357 e. The lowest BCUT2D eigenvalue weighted by Crippen LogP contribution is -2.36. The van der Waals surface area contributed by atoms with E-state index in [0.717, 1.165) is 27.1 Å². The molecule has 2 aromatic heterocycles. The Bertz CT molecular complexity index is 1790. The maximum atomic E-state index is 13.6. The third kappa shape index (κ3) is 6.28. The third-order valence-electron chi connectivity index (χ3n) is 6.53. The summed E-state index contributed by atoms with van der Waals surface area (Å²) in [6.07, 6.45) is -2.03. The number of esters is 1. The molecule has 0 bridgehead atoms. The van der Waals surface area contributed by atoms with Gasteiger partial charge in [0.05, 0.1) is 23.9 Å². The fourth-order valence-electron chi connectivity index (χ4n) is 4.31. The Labute approximate surface area is 253 Å². The van der Waals surface area contributed by atoms with E-state index in [4.69, 9.17) is 4.74 Å². The van der Waals surface area contributed by atoms with Crippen LogP contribution in [0.5, 0.6) is 0 Å². The summed E-state index contributed by atoms with van der Waals surface area (Å²) in [6, 6.07) is 23.6. The summed E-state index contributed by atoms with van der Waals surface area (Å²) in [4.78, 5) is 60.9. The fraction of sp³-hybridized carbons (Fsp3) is 0.133. The van der Waals surface area contributed by atoms with Crippen LogP contribution in [0.4, 0.5) is 16.0 Å². The number of amides is 3. The molecule has 43 heavy (non-hydrogen) atoms. The van der Waals surface area contributed by atoms with E-state index in [1.165, 1.54) is 28.7 Å². The molecule has 0 radical (unpaired) electrons. The molecular weight excluding hydrogens is 590 g/mol. The zero-order valence-corrected chi connectivity index (χ0v) is 24.2. The second kappa shape index (κ2) is 12.1. The molecule has 1 aliphatic rings. The molecule has 1 fully saturated rings. The lowest BCUT2D eigenvalue weighted by atomic mass is 10.1. The number of para-hydroxylation sites is 1. The first-order valence-corrected chi connectivity index (χ1v) is 14.7. The number of thiazole rings is 2. The van der Waals surface area contributed by atoms with Crippen molar-refractivity contribution in [3.63, 3.8) is 0 Å². The number of hydrogen-bond acceptors (Lipinski definition) is 10. The topological polar surface area (TPSA) is 143 Å². The van der Waals surface area contributed by atoms with E-state index in [9.17, 15) is 19.2 Å². The van der Waals surface area contributed by atoms with Crippen molar-refractivity contribution in [3.05, 3.63) is 101 Å². The number of ether oxygens (including phenoxy) is 2. The minimum atomic E-state index is -1.02. The normalized spacial score (nSPS) is 15.5. The predicted octanol–water partition coefficient (Wildman–Crippen LogP) is 4.73. The Kier molecular flexibility index (Phi) is 7.92. The highest BCUT2D eigenvalue weighted by molar-refractivity contribution is 7.22. The summed E-state index contributed by atoms with van der Waals surface area (Å²) in [7, 11) is 1.24. The molecule has 2 atom stereocenters. The standard InChI is InChI=1S/C30H23N5O6S2/c1-40-28(39)21-16-42-29(32-21)34-26(37)23-24(41-23)27(38)35(15-17-7-3-2-4-8-17)19-13-11-18(12-14-19)25(36)33-30-31-20-9-5-6-10-22(20)43-30/h2-14,16,23-24H,15H2,1H3,(H,31,33,36)(H,32,34,37)/t23-,24-/m0/s1. The summed E-state index contributed by atoms with van der Waals surface area (Å²) in [6.45, 7) is 0.222. The van der Waals surface area contributed by atoms with Gasteiger partial charge in [-0.25, -0.2) is 14.8 Å². The zero-order chi connectivity index (χ0) is 29.9. The smallest absolute Gasteiger partial charge is 0.357 e. The number of methoxy groups -OCH3 is 1. The van der Waals surface area contributed by atoms with Crippen LogP contribution >= 0.6 is 22.7 Å².